The first kappa shape index (κ1) is 27.4. The van der Waals surface area contributed by atoms with E-state index in [0.717, 1.165) is 4.57 Å². The lowest BCUT2D eigenvalue weighted by Crippen LogP contribution is -2.49. The van der Waals surface area contributed by atoms with Crippen LogP contribution in [0.25, 0.3) is 10.8 Å². The van der Waals surface area contributed by atoms with Gasteiger partial charge in [0, 0.05) is 43.1 Å². The van der Waals surface area contributed by atoms with Crippen molar-refractivity contribution in [1.29, 1.82) is 0 Å². The number of sulfonamides is 1. The van der Waals surface area contributed by atoms with Gasteiger partial charge in [0.25, 0.3) is 5.56 Å². The molecule has 208 valence electrons. The summed E-state index contributed by atoms with van der Waals surface area (Å²) in [7, 11) is -4.05. The minimum Gasteiger partial charge on any atom is -0.492 e. The fourth-order valence-corrected chi connectivity index (χ4v) is 6.48. The van der Waals surface area contributed by atoms with Crippen LogP contribution in [-0.4, -0.2) is 56.0 Å². The van der Waals surface area contributed by atoms with Crippen LogP contribution in [-0.2, 0) is 21.4 Å². The van der Waals surface area contributed by atoms with Crippen LogP contribution in [0.5, 0.6) is 5.75 Å². The van der Waals surface area contributed by atoms with Crippen LogP contribution in [0.4, 0.5) is 15.8 Å². The number of ether oxygens (including phenoxy) is 1. The molecule has 0 spiro atoms. The number of amides is 1. The summed E-state index contributed by atoms with van der Waals surface area (Å²) in [5.74, 6) is -0.382. The number of piperazine rings is 1. The quantitative estimate of drug-likeness (QED) is 0.351. The first-order valence-electron chi connectivity index (χ1n) is 12.9. The van der Waals surface area contributed by atoms with E-state index in [2.05, 4.69) is 5.32 Å². The van der Waals surface area contributed by atoms with Crippen LogP contribution in [0.1, 0.15) is 6.92 Å². The Morgan fingerprint density at radius 2 is 1.57 bits per heavy atom. The second kappa shape index (κ2) is 11.5. The van der Waals surface area contributed by atoms with Gasteiger partial charge < -0.3 is 19.5 Å². The summed E-state index contributed by atoms with van der Waals surface area (Å²) >= 11 is 0. The van der Waals surface area contributed by atoms with Crippen molar-refractivity contribution in [2.24, 2.45) is 0 Å². The second-order valence-electron chi connectivity index (χ2n) is 9.29. The Hall–Kier alpha value is -4.22. The molecule has 4 aromatic rings. The maximum atomic E-state index is 14.3. The normalized spacial score (nSPS) is 14.3. The number of fused-ring (bicyclic) bond motifs is 1. The summed E-state index contributed by atoms with van der Waals surface area (Å²) in [4.78, 5) is 28.0. The Morgan fingerprint density at radius 3 is 2.30 bits per heavy atom. The van der Waals surface area contributed by atoms with E-state index in [1.165, 1.54) is 16.6 Å². The maximum Gasteiger partial charge on any atom is 0.258 e. The standard InChI is InChI=1S/C29H29FN4O5S/c1-2-39-26-14-8-6-12-24(26)31-28(35)20-33-19-27(21-9-3-4-10-22(21)29(33)36)40(37,38)34-17-15-32(16-18-34)25-13-7-5-11-23(25)30/h3-14,19H,2,15-18,20H2,1H3,(H,31,35). The molecule has 0 aliphatic carbocycles. The Morgan fingerprint density at radius 1 is 0.925 bits per heavy atom. The topological polar surface area (TPSA) is 101 Å². The molecule has 3 aromatic carbocycles. The lowest BCUT2D eigenvalue weighted by molar-refractivity contribution is -0.116. The Labute approximate surface area is 231 Å². The van der Waals surface area contributed by atoms with Crippen molar-refractivity contribution < 1.29 is 22.3 Å². The molecule has 0 radical (unpaired) electrons. The number of benzene rings is 3. The van der Waals surface area contributed by atoms with Crippen LogP contribution in [0.15, 0.2) is 88.7 Å². The number of aromatic nitrogens is 1. The molecule has 1 fully saturated rings. The average Bonchev–Trinajstić information content (AvgIpc) is 2.96. The minimum atomic E-state index is -4.05. The highest BCUT2D eigenvalue weighted by atomic mass is 32.2. The molecule has 0 saturated carbocycles. The first-order valence-corrected chi connectivity index (χ1v) is 14.4. The minimum absolute atomic E-state index is 0.0652. The van der Waals surface area contributed by atoms with Crippen molar-refractivity contribution in [2.45, 2.75) is 18.4 Å². The van der Waals surface area contributed by atoms with Crippen molar-refractivity contribution in [1.82, 2.24) is 8.87 Å². The molecule has 5 rings (SSSR count). The summed E-state index contributed by atoms with van der Waals surface area (Å²) in [5.41, 5.74) is 0.395. The summed E-state index contributed by atoms with van der Waals surface area (Å²) in [6.07, 6.45) is 1.23. The van der Waals surface area contributed by atoms with E-state index in [1.807, 2.05) is 11.8 Å². The third kappa shape index (κ3) is 5.43. The highest BCUT2D eigenvalue weighted by Crippen LogP contribution is 2.27. The number of nitrogens with zero attached hydrogens (tertiary/aromatic N) is 3. The van der Waals surface area contributed by atoms with Gasteiger partial charge >= 0.3 is 0 Å². The number of anilines is 2. The average molecular weight is 565 g/mol. The van der Waals surface area contributed by atoms with E-state index in [9.17, 15) is 22.4 Å². The predicted molar refractivity (Wildman–Crippen MR) is 152 cm³/mol. The molecular formula is C29H29FN4O5S. The van der Waals surface area contributed by atoms with Gasteiger partial charge in [0.15, 0.2) is 0 Å². The molecule has 40 heavy (non-hydrogen) atoms. The smallest absolute Gasteiger partial charge is 0.258 e. The Kier molecular flexibility index (Phi) is 7.85. The van der Waals surface area contributed by atoms with Crippen molar-refractivity contribution >= 4 is 38.1 Å². The fraction of sp³-hybridized carbons (Fsp3) is 0.241. The highest BCUT2D eigenvalue weighted by Gasteiger charge is 2.31. The molecule has 0 unspecified atom stereocenters. The molecule has 1 aromatic heterocycles. The van der Waals surface area contributed by atoms with Gasteiger partial charge in [0.05, 0.1) is 18.0 Å². The van der Waals surface area contributed by atoms with Gasteiger partial charge in [-0.15, -0.1) is 0 Å². The van der Waals surface area contributed by atoms with Crippen LogP contribution < -0.4 is 20.5 Å². The zero-order valence-electron chi connectivity index (χ0n) is 21.9. The SMILES string of the molecule is CCOc1ccccc1NC(=O)Cn1cc(S(=O)(=O)N2CCN(c3ccccc3F)CC2)c2ccccc2c1=O. The van der Waals surface area contributed by atoms with E-state index in [1.54, 1.807) is 66.7 Å². The molecule has 0 bridgehead atoms. The van der Waals surface area contributed by atoms with Crippen molar-refractivity contribution in [3.05, 3.63) is 95.2 Å². The Balaban J connectivity index is 1.43. The van der Waals surface area contributed by atoms with E-state index < -0.39 is 28.0 Å². The van der Waals surface area contributed by atoms with E-state index in [0.29, 0.717) is 36.8 Å². The van der Waals surface area contributed by atoms with E-state index in [-0.39, 0.29) is 34.6 Å². The molecule has 1 saturated heterocycles. The summed E-state index contributed by atoms with van der Waals surface area (Å²) in [6, 6.07) is 19.8. The first-order chi connectivity index (χ1) is 19.3. The van der Waals surface area contributed by atoms with Gasteiger partial charge in [-0.05, 0) is 37.3 Å². The van der Waals surface area contributed by atoms with Crippen molar-refractivity contribution in [3.8, 4) is 5.75 Å². The summed E-state index contributed by atoms with van der Waals surface area (Å²) < 4.78 is 50.0. The molecule has 1 aliphatic heterocycles. The van der Waals surface area contributed by atoms with Crippen LogP contribution >= 0.6 is 0 Å². The fourth-order valence-electron chi connectivity index (χ4n) is 4.84. The maximum absolute atomic E-state index is 14.3. The predicted octanol–water partition coefficient (Wildman–Crippen LogP) is 3.69. The zero-order valence-corrected chi connectivity index (χ0v) is 22.7. The lowest BCUT2D eigenvalue weighted by atomic mass is 10.2. The third-order valence-electron chi connectivity index (χ3n) is 6.78. The lowest BCUT2D eigenvalue weighted by Gasteiger charge is -2.35. The number of para-hydroxylation sites is 3. The number of carbonyl (C=O) groups is 1. The largest absolute Gasteiger partial charge is 0.492 e. The van der Waals surface area contributed by atoms with Gasteiger partial charge in [-0.3, -0.25) is 9.59 Å². The van der Waals surface area contributed by atoms with Crippen LogP contribution in [0.2, 0.25) is 0 Å². The summed E-state index contributed by atoms with van der Waals surface area (Å²) in [5, 5.41) is 3.22. The molecule has 2 heterocycles. The number of halogens is 1. The number of nitrogens with one attached hydrogen (secondary N) is 1. The Bertz CT molecular complexity index is 1720. The molecule has 1 amide bonds. The van der Waals surface area contributed by atoms with E-state index >= 15 is 0 Å². The molecule has 1 aliphatic rings. The highest BCUT2D eigenvalue weighted by molar-refractivity contribution is 7.89. The molecular weight excluding hydrogens is 535 g/mol. The van der Waals surface area contributed by atoms with Crippen molar-refractivity contribution in [2.75, 3.05) is 43.0 Å². The molecule has 0 atom stereocenters. The van der Waals surface area contributed by atoms with Crippen LogP contribution in [0, 0.1) is 5.82 Å². The molecule has 9 nitrogen and oxygen atoms in total. The number of hydrogen-bond donors (Lipinski definition) is 1. The van der Waals surface area contributed by atoms with Crippen molar-refractivity contribution in [3.63, 3.8) is 0 Å². The number of rotatable bonds is 8. The third-order valence-corrected chi connectivity index (χ3v) is 8.71. The summed E-state index contributed by atoms with van der Waals surface area (Å²) in [6.45, 7) is 2.73. The van der Waals surface area contributed by atoms with Gasteiger partial charge in [-0.2, -0.15) is 4.31 Å². The van der Waals surface area contributed by atoms with Gasteiger partial charge in [-0.25, -0.2) is 12.8 Å². The number of pyridine rings is 1. The molecule has 1 N–H and O–H groups in total. The van der Waals surface area contributed by atoms with Gasteiger partial charge in [0.2, 0.25) is 15.9 Å². The molecule has 11 heteroatoms. The second-order valence-corrected chi connectivity index (χ2v) is 11.2. The number of hydrogen-bond acceptors (Lipinski definition) is 6. The number of carbonyl (C=O) groups excluding carboxylic acids is 1. The van der Waals surface area contributed by atoms with Crippen LogP contribution in [0.3, 0.4) is 0 Å². The zero-order chi connectivity index (χ0) is 28.3. The van der Waals surface area contributed by atoms with Gasteiger partial charge in [-0.1, -0.05) is 42.5 Å². The monoisotopic (exact) mass is 564 g/mol. The van der Waals surface area contributed by atoms with E-state index in [4.69, 9.17) is 4.74 Å². The van der Waals surface area contributed by atoms with Gasteiger partial charge in [0.1, 0.15) is 23.0 Å².